The van der Waals surface area contributed by atoms with Gasteiger partial charge in [0.05, 0.1) is 5.41 Å². The Kier molecular flexibility index (Phi) is 6.88. The lowest BCUT2D eigenvalue weighted by atomic mass is 9.68. The van der Waals surface area contributed by atoms with Crippen molar-refractivity contribution in [1.29, 1.82) is 0 Å². The summed E-state index contributed by atoms with van der Waals surface area (Å²) in [5.41, 5.74) is 3.64. The third-order valence-electron chi connectivity index (χ3n) is 6.41. The molecule has 0 N–H and O–H groups in total. The van der Waals surface area contributed by atoms with Crippen LogP contribution in [-0.4, -0.2) is 15.7 Å². The van der Waals surface area contributed by atoms with E-state index >= 15 is 0 Å². The van der Waals surface area contributed by atoms with Gasteiger partial charge in [-0.25, -0.2) is 0 Å². The molecule has 0 aromatic heterocycles. The van der Waals surface area contributed by atoms with Crippen LogP contribution in [0.3, 0.4) is 0 Å². The Labute approximate surface area is 186 Å². The third kappa shape index (κ3) is 5.86. The topological polar surface area (TPSA) is 0 Å². The highest BCUT2D eigenvalue weighted by Crippen LogP contribution is 2.40. The second-order valence-electron chi connectivity index (χ2n) is 9.66. The largest absolute Gasteiger partial charge is 0.113 e. The molecule has 2 heteroatoms. The summed E-state index contributed by atoms with van der Waals surface area (Å²) in [6.45, 7) is 8.96. The van der Waals surface area contributed by atoms with Gasteiger partial charge in [-0.05, 0) is 77.0 Å². The Morgan fingerprint density at radius 2 is 1.27 bits per heavy atom. The molecular formula is C28H30B2. The normalized spacial score (nSPS) is 19.2. The summed E-state index contributed by atoms with van der Waals surface area (Å²) < 4.78 is 0. The number of hydrogen-bond donors (Lipinski definition) is 0. The molecule has 3 rings (SSSR count). The summed E-state index contributed by atoms with van der Waals surface area (Å²) in [5.74, 6) is 15.1. The van der Waals surface area contributed by atoms with Gasteiger partial charge in [0.15, 0.2) is 0 Å². The van der Waals surface area contributed by atoms with Gasteiger partial charge in [-0.3, -0.25) is 0 Å². The van der Waals surface area contributed by atoms with Crippen molar-refractivity contribution in [2.24, 2.45) is 17.3 Å². The van der Waals surface area contributed by atoms with Gasteiger partial charge in [-0.15, -0.1) is 0 Å². The van der Waals surface area contributed by atoms with Crippen LogP contribution in [0.15, 0.2) is 48.5 Å². The minimum Gasteiger partial charge on any atom is -0.0967 e. The molecule has 148 valence electrons. The van der Waals surface area contributed by atoms with E-state index in [1.807, 2.05) is 36.4 Å². The first kappa shape index (κ1) is 22.4. The maximum absolute atomic E-state index is 5.83. The molecule has 0 nitrogen and oxygen atoms in total. The van der Waals surface area contributed by atoms with E-state index in [2.05, 4.69) is 63.5 Å². The number of rotatable bonds is 2. The highest BCUT2D eigenvalue weighted by molar-refractivity contribution is 6.32. The van der Waals surface area contributed by atoms with E-state index in [9.17, 15) is 0 Å². The van der Waals surface area contributed by atoms with E-state index in [0.29, 0.717) is 11.8 Å². The molecule has 0 amide bonds. The molecule has 0 bridgehead atoms. The molecule has 0 atom stereocenters. The van der Waals surface area contributed by atoms with E-state index in [-0.39, 0.29) is 10.8 Å². The van der Waals surface area contributed by atoms with Gasteiger partial charge in [-0.2, -0.15) is 0 Å². The lowest BCUT2D eigenvalue weighted by molar-refractivity contribution is 0.200. The summed E-state index contributed by atoms with van der Waals surface area (Å²) in [7, 11) is 11.6. The molecule has 2 aromatic carbocycles. The van der Waals surface area contributed by atoms with E-state index in [1.54, 1.807) is 0 Å². The van der Waals surface area contributed by atoms with Gasteiger partial charge in [-0.1, -0.05) is 71.0 Å². The van der Waals surface area contributed by atoms with Crippen molar-refractivity contribution in [2.45, 2.75) is 58.8 Å². The van der Waals surface area contributed by atoms with Crippen LogP contribution in [0.5, 0.6) is 0 Å². The Bertz CT molecular complexity index is 965. The van der Waals surface area contributed by atoms with Crippen LogP contribution in [0, 0.1) is 40.9 Å². The van der Waals surface area contributed by atoms with Gasteiger partial charge < -0.3 is 0 Å². The predicted molar refractivity (Wildman–Crippen MR) is 131 cm³/mol. The second kappa shape index (κ2) is 9.23. The summed E-state index contributed by atoms with van der Waals surface area (Å²) in [6.07, 6.45) is 4.67. The first-order valence-corrected chi connectivity index (χ1v) is 10.9. The molecule has 1 saturated carbocycles. The monoisotopic (exact) mass is 388 g/mol. The zero-order valence-electron chi connectivity index (χ0n) is 18.8. The van der Waals surface area contributed by atoms with Crippen LogP contribution in [0.4, 0.5) is 0 Å². The molecule has 1 aliphatic rings. The fourth-order valence-electron chi connectivity index (χ4n) is 4.10. The maximum Gasteiger partial charge on any atom is 0.113 e. The lowest BCUT2D eigenvalue weighted by Gasteiger charge is -2.35. The zero-order chi connectivity index (χ0) is 21.8. The van der Waals surface area contributed by atoms with E-state index in [1.165, 1.54) is 18.4 Å². The molecular weight excluding hydrogens is 358 g/mol. The number of benzene rings is 2. The van der Waals surface area contributed by atoms with Crippen LogP contribution in [-0.2, 0) is 5.41 Å². The third-order valence-corrected chi connectivity index (χ3v) is 6.41. The fraction of sp³-hybridized carbons (Fsp3) is 0.429. The zero-order valence-corrected chi connectivity index (χ0v) is 18.8. The SMILES string of the molecule is [B]c1ccc(C#CC2CCC(C(C)(C)C#CC(C)(C)c3ccc([B])cc3)CC2)cc1. The summed E-state index contributed by atoms with van der Waals surface area (Å²) in [4.78, 5) is 0. The van der Waals surface area contributed by atoms with Crippen LogP contribution in [0.1, 0.15) is 64.5 Å². The Balaban J connectivity index is 1.61. The van der Waals surface area contributed by atoms with E-state index in [4.69, 9.17) is 15.7 Å². The summed E-state index contributed by atoms with van der Waals surface area (Å²) >= 11 is 0. The maximum atomic E-state index is 5.83. The molecule has 0 aliphatic heterocycles. The highest BCUT2D eigenvalue weighted by atomic mass is 14.4. The summed E-state index contributed by atoms with van der Waals surface area (Å²) in [5, 5.41) is 0. The molecule has 1 fully saturated rings. The second-order valence-corrected chi connectivity index (χ2v) is 9.66. The van der Waals surface area contributed by atoms with Gasteiger partial charge in [0, 0.05) is 16.9 Å². The molecule has 0 heterocycles. The summed E-state index contributed by atoms with van der Waals surface area (Å²) in [6, 6.07) is 15.9. The number of hydrogen-bond acceptors (Lipinski definition) is 0. The Morgan fingerprint density at radius 3 is 1.83 bits per heavy atom. The van der Waals surface area contributed by atoms with Crippen molar-refractivity contribution in [1.82, 2.24) is 0 Å². The van der Waals surface area contributed by atoms with Gasteiger partial charge in [0.2, 0.25) is 0 Å². The first-order valence-electron chi connectivity index (χ1n) is 10.9. The van der Waals surface area contributed by atoms with E-state index < -0.39 is 0 Å². The van der Waals surface area contributed by atoms with Crippen molar-refractivity contribution in [3.05, 3.63) is 59.7 Å². The predicted octanol–water partition coefficient (Wildman–Crippen LogP) is 4.44. The fourth-order valence-corrected chi connectivity index (χ4v) is 4.10. The van der Waals surface area contributed by atoms with Crippen molar-refractivity contribution >= 4 is 26.6 Å². The average Bonchev–Trinajstić information content (AvgIpc) is 2.73. The van der Waals surface area contributed by atoms with Crippen molar-refractivity contribution in [3.8, 4) is 23.7 Å². The Morgan fingerprint density at radius 1 is 0.733 bits per heavy atom. The molecule has 4 radical (unpaired) electrons. The quantitative estimate of drug-likeness (QED) is 0.527. The average molecular weight is 388 g/mol. The van der Waals surface area contributed by atoms with Crippen molar-refractivity contribution in [3.63, 3.8) is 0 Å². The standard InChI is InChI=1S/C28H30B2/c1-27(2,19-20-28(3,4)24-13-17-26(30)18-14-24)23-11-7-21(8-12-23)5-6-22-9-15-25(29)16-10-22/h9-10,13-18,21,23H,7-8,11-12H2,1-4H3. The van der Waals surface area contributed by atoms with Crippen LogP contribution < -0.4 is 10.9 Å². The first-order chi connectivity index (χ1) is 14.2. The van der Waals surface area contributed by atoms with Gasteiger partial charge in [0.1, 0.15) is 15.7 Å². The lowest BCUT2D eigenvalue weighted by Crippen LogP contribution is -2.28. The van der Waals surface area contributed by atoms with Crippen molar-refractivity contribution < 1.29 is 0 Å². The van der Waals surface area contributed by atoms with Crippen molar-refractivity contribution in [2.75, 3.05) is 0 Å². The minimum absolute atomic E-state index is 0.000430. The molecule has 0 unspecified atom stereocenters. The smallest absolute Gasteiger partial charge is 0.0967 e. The Hall–Kier alpha value is -2.31. The molecule has 30 heavy (non-hydrogen) atoms. The highest BCUT2D eigenvalue weighted by Gasteiger charge is 2.32. The van der Waals surface area contributed by atoms with Crippen LogP contribution >= 0.6 is 0 Å². The van der Waals surface area contributed by atoms with E-state index in [0.717, 1.165) is 29.3 Å². The van der Waals surface area contributed by atoms with Gasteiger partial charge in [0.25, 0.3) is 0 Å². The molecule has 0 spiro atoms. The molecule has 2 aromatic rings. The molecule has 1 aliphatic carbocycles. The minimum atomic E-state index is -0.188. The molecule has 0 saturated heterocycles. The van der Waals surface area contributed by atoms with Crippen LogP contribution in [0.25, 0.3) is 0 Å². The van der Waals surface area contributed by atoms with Crippen LogP contribution in [0.2, 0.25) is 0 Å². The van der Waals surface area contributed by atoms with Gasteiger partial charge >= 0.3 is 0 Å².